The van der Waals surface area contributed by atoms with Gasteiger partial charge in [-0.3, -0.25) is 4.99 Å². The van der Waals surface area contributed by atoms with E-state index < -0.39 is 0 Å². The van der Waals surface area contributed by atoms with Gasteiger partial charge < -0.3 is 15.6 Å². The summed E-state index contributed by atoms with van der Waals surface area (Å²) < 4.78 is 0. The van der Waals surface area contributed by atoms with E-state index in [4.69, 9.17) is 0 Å². The van der Waals surface area contributed by atoms with E-state index in [1.807, 2.05) is 7.05 Å². The number of guanidine groups is 1. The van der Waals surface area contributed by atoms with Crippen LogP contribution in [0.15, 0.2) is 46.2 Å². The monoisotopic (exact) mass is 482 g/mol. The molecule has 26 heavy (non-hydrogen) atoms. The highest BCUT2D eigenvalue weighted by Gasteiger charge is 2.08. The number of H-pyrrole nitrogens is 1. The predicted octanol–water partition coefficient (Wildman–Crippen LogP) is 4.67. The molecule has 0 bridgehead atoms. The molecule has 3 N–H and O–H groups in total. The number of aliphatic imine (C=N–C) groups is 1. The first-order valence-corrected chi connectivity index (χ1v) is 9.65. The van der Waals surface area contributed by atoms with Crippen LogP contribution in [0.4, 0.5) is 0 Å². The Morgan fingerprint density at radius 2 is 2.12 bits per heavy atom. The summed E-state index contributed by atoms with van der Waals surface area (Å²) >= 11 is 1.75. The zero-order chi connectivity index (χ0) is 17.6. The van der Waals surface area contributed by atoms with Gasteiger partial charge in [-0.2, -0.15) is 11.3 Å². The maximum absolute atomic E-state index is 4.32. The summed E-state index contributed by atoms with van der Waals surface area (Å²) in [6.07, 6.45) is 3.07. The highest BCUT2D eigenvalue weighted by Crippen LogP contribution is 2.19. The molecule has 0 saturated carbocycles. The molecule has 2 heterocycles. The average Bonchev–Trinajstić information content (AvgIpc) is 3.27. The number of hydrogen-bond donors (Lipinski definition) is 3. The Labute approximate surface area is 176 Å². The van der Waals surface area contributed by atoms with E-state index in [9.17, 15) is 0 Å². The van der Waals surface area contributed by atoms with Crippen molar-refractivity contribution >= 4 is 52.2 Å². The van der Waals surface area contributed by atoms with Crippen LogP contribution in [0.3, 0.4) is 0 Å². The average molecular weight is 482 g/mol. The van der Waals surface area contributed by atoms with Crippen LogP contribution >= 0.6 is 35.3 Å². The number of benzene rings is 1. The van der Waals surface area contributed by atoms with E-state index in [0.29, 0.717) is 5.92 Å². The van der Waals surface area contributed by atoms with Gasteiger partial charge in [-0.05, 0) is 58.8 Å². The van der Waals surface area contributed by atoms with Gasteiger partial charge in [0, 0.05) is 37.2 Å². The van der Waals surface area contributed by atoms with Crippen molar-refractivity contribution in [3.8, 4) is 0 Å². The molecule has 0 amide bonds. The fourth-order valence-corrected chi connectivity index (χ4v) is 3.75. The summed E-state index contributed by atoms with van der Waals surface area (Å²) in [5.74, 6) is 1.33. The molecule has 0 spiro atoms. The lowest BCUT2D eigenvalue weighted by Gasteiger charge is -2.15. The van der Waals surface area contributed by atoms with E-state index in [2.05, 4.69) is 75.7 Å². The number of nitrogens with zero attached hydrogens (tertiary/aromatic N) is 1. The van der Waals surface area contributed by atoms with Gasteiger partial charge in [-0.1, -0.05) is 19.1 Å². The Morgan fingerprint density at radius 3 is 2.85 bits per heavy atom. The van der Waals surface area contributed by atoms with Gasteiger partial charge in [0.15, 0.2) is 5.96 Å². The summed E-state index contributed by atoms with van der Waals surface area (Å²) in [4.78, 5) is 7.69. The zero-order valence-corrected chi connectivity index (χ0v) is 18.7. The molecule has 1 unspecified atom stereocenters. The van der Waals surface area contributed by atoms with Crippen LogP contribution in [0.1, 0.15) is 29.5 Å². The number of aromatic nitrogens is 1. The molecule has 0 saturated heterocycles. The van der Waals surface area contributed by atoms with Crippen molar-refractivity contribution in [2.24, 2.45) is 4.99 Å². The van der Waals surface area contributed by atoms with Crippen molar-refractivity contribution in [2.75, 3.05) is 20.1 Å². The standard InChI is InChI=1S/C20H26N4S.HI/c1-14-4-5-18-16(12-23-19(18)10-14)6-8-22-20(21-3)24-11-15(2)17-7-9-25-13-17;/h4-5,7,9-10,12-13,15,23H,6,8,11H2,1-3H3,(H2,21,22,24);1H. The summed E-state index contributed by atoms with van der Waals surface area (Å²) in [6, 6.07) is 8.75. The van der Waals surface area contributed by atoms with Gasteiger partial charge in [0.1, 0.15) is 0 Å². The van der Waals surface area contributed by atoms with Crippen molar-refractivity contribution in [3.63, 3.8) is 0 Å². The van der Waals surface area contributed by atoms with Crippen LogP contribution in [0.2, 0.25) is 0 Å². The Bertz CT molecular complexity index is 839. The topological polar surface area (TPSA) is 52.2 Å². The lowest BCUT2D eigenvalue weighted by atomic mass is 10.1. The molecule has 3 rings (SSSR count). The van der Waals surface area contributed by atoms with Gasteiger partial charge in [0.05, 0.1) is 0 Å². The van der Waals surface area contributed by atoms with E-state index in [-0.39, 0.29) is 24.0 Å². The lowest BCUT2D eigenvalue weighted by molar-refractivity contribution is 0.700. The molecule has 3 aromatic rings. The molecule has 0 aliphatic rings. The molecule has 0 radical (unpaired) electrons. The quantitative estimate of drug-likeness (QED) is 0.272. The molecule has 2 aromatic heterocycles. The molecule has 140 valence electrons. The second-order valence-corrected chi connectivity index (χ2v) is 7.23. The fourth-order valence-electron chi connectivity index (χ4n) is 2.97. The number of aryl methyl sites for hydroxylation is 1. The Balaban J connectivity index is 0.00000243. The van der Waals surface area contributed by atoms with Crippen LogP contribution < -0.4 is 10.6 Å². The van der Waals surface area contributed by atoms with Crippen LogP contribution in [0.25, 0.3) is 10.9 Å². The molecule has 0 aliphatic heterocycles. The number of nitrogens with one attached hydrogen (secondary N) is 3. The SMILES string of the molecule is CN=C(NCCc1c[nH]c2cc(C)ccc12)NCC(C)c1ccsc1.I. The minimum absolute atomic E-state index is 0. The van der Waals surface area contributed by atoms with Gasteiger partial charge in [0.25, 0.3) is 0 Å². The van der Waals surface area contributed by atoms with E-state index in [1.165, 1.54) is 27.6 Å². The molecule has 0 aliphatic carbocycles. The molecule has 0 fully saturated rings. The molecular weight excluding hydrogens is 455 g/mol. The van der Waals surface area contributed by atoms with Crippen molar-refractivity contribution in [3.05, 3.63) is 57.9 Å². The van der Waals surface area contributed by atoms with Gasteiger partial charge in [-0.25, -0.2) is 0 Å². The van der Waals surface area contributed by atoms with Gasteiger partial charge >= 0.3 is 0 Å². The second kappa shape index (κ2) is 9.97. The summed E-state index contributed by atoms with van der Waals surface area (Å²) in [5, 5.41) is 12.5. The smallest absolute Gasteiger partial charge is 0.191 e. The summed E-state index contributed by atoms with van der Waals surface area (Å²) in [6.45, 7) is 6.08. The summed E-state index contributed by atoms with van der Waals surface area (Å²) in [5.41, 5.74) is 5.21. The number of fused-ring (bicyclic) bond motifs is 1. The highest BCUT2D eigenvalue weighted by molar-refractivity contribution is 14.0. The lowest BCUT2D eigenvalue weighted by Crippen LogP contribution is -2.39. The van der Waals surface area contributed by atoms with Gasteiger partial charge in [0.2, 0.25) is 0 Å². The van der Waals surface area contributed by atoms with E-state index in [1.54, 1.807) is 11.3 Å². The summed E-state index contributed by atoms with van der Waals surface area (Å²) in [7, 11) is 1.82. The Kier molecular flexibility index (Phi) is 7.96. The van der Waals surface area contributed by atoms with Crippen LogP contribution in [-0.2, 0) is 6.42 Å². The number of thiophene rings is 1. The largest absolute Gasteiger partial charge is 0.361 e. The molecule has 4 nitrogen and oxygen atoms in total. The van der Waals surface area contributed by atoms with Crippen LogP contribution in [0, 0.1) is 6.92 Å². The van der Waals surface area contributed by atoms with E-state index >= 15 is 0 Å². The Hall–Kier alpha value is -1.54. The van der Waals surface area contributed by atoms with Crippen LogP contribution in [-0.4, -0.2) is 31.1 Å². The maximum atomic E-state index is 4.32. The number of aromatic amines is 1. The third kappa shape index (κ3) is 5.23. The fraction of sp³-hybridized carbons (Fsp3) is 0.350. The third-order valence-corrected chi connectivity index (χ3v) is 5.22. The normalized spacial score (nSPS) is 12.7. The van der Waals surface area contributed by atoms with E-state index in [0.717, 1.165) is 25.5 Å². The van der Waals surface area contributed by atoms with Crippen molar-refractivity contribution in [1.82, 2.24) is 15.6 Å². The number of hydrogen-bond acceptors (Lipinski definition) is 2. The van der Waals surface area contributed by atoms with Gasteiger partial charge in [-0.15, -0.1) is 24.0 Å². The first kappa shape index (κ1) is 20.8. The van der Waals surface area contributed by atoms with Crippen molar-refractivity contribution in [2.45, 2.75) is 26.2 Å². The molecule has 1 atom stereocenters. The van der Waals surface area contributed by atoms with Crippen LogP contribution in [0.5, 0.6) is 0 Å². The molecule has 1 aromatic carbocycles. The minimum Gasteiger partial charge on any atom is -0.361 e. The second-order valence-electron chi connectivity index (χ2n) is 6.45. The number of rotatable bonds is 6. The van der Waals surface area contributed by atoms with Crippen molar-refractivity contribution in [1.29, 1.82) is 0 Å². The first-order valence-electron chi connectivity index (χ1n) is 8.70. The van der Waals surface area contributed by atoms with Crippen molar-refractivity contribution < 1.29 is 0 Å². The maximum Gasteiger partial charge on any atom is 0.191 e. The molecular formula is C20H27IN4S. The third-order valence-electron chi connectivity index (χ3n) is 4.52. The number of halogens is 1. The predicted molar refractivity (Wildman–Crippen MR) is 124 cm³/mol. The zero-order valence-electron chi connectivity index (χ0n) is 15.5. The minimum atomic E-state index is 0. The Morgan fingerprint density at radius 1 is 1.27 bits per heavy atom. The molecule has 6 heteroatoms. The highest BCUT2D eigenvalue weighted by atomic mass is 127. The first-order chi connectivity index (χ1) is 12.2.